The Morgan fingerprint density at radius 3 is 3.10 bits per heavy atom. The summed E-state index contributed by atoms with van der Waals surface area (Å²) in [4.78, 5) is 0. The minimum Gasteiger partial charge on any atom is -0.493 e. The zero-order valence-electron chi connectivity index (χ0n) is 12.4. The van der Waals surface area contributed by atoms with Gasteiger partial charge in [-0.1, -0.05) is 25.1 Å². The van der Waals surface area contributed by atoms with Crippen LogP contribution in [0.3, 0.4) is 0 Å². The van der Waals surface area contributed by atoms with Gasteiger partial charge in [0.05, 0.1) is 13.2 Å². The minimum atomic E-state index is 0.366. The van der Waals surface area contributed by atoms with E-state index in [-0.39, 0.29) is 0 Å². The molecule has 0 spiro atoms. The van der Waals surface area contributed by atoms with Crippen LogP contribution in [0.2, 0.25) is 0 Å². The number of hydrogen-bond acceptors (Lipinski definition) is 3. The van der Waals surface area contributed by atoms with Crippen molar-refractivity contribution in [2.24, 2.45) is 5.92 Å². The summed E-state index contributed by atoms with van der Waals surface area (Å²) in [7, 11) is 0. The van der Waals surface area contributed by atoms with Crippen molar-refractivity contribution in [3.8, 4) is 5.75 Å². The molecular weight excluding hydrogens is 250 g/mol. The number of fused-ring (bicyclic) bond motifs is 1. The first kappa shape index (κ1) is 13.9. The van der Waals surface area contributed by atoms with Crippen LogP contribution in [0.5, 0.6) is 5.75 Å². The minimum absolute atomic E-state index is 0.366. The number of aryl methyl sites for hydroxylation is 1. The van der Waals surface area contributed by atoms with E-state index >= 15 is 0 Å². The van der Waals surface area contributed by atoms with Crippen LogP contribution < -0.4 is 10.1 Å². The summed E-state index contributed by atoms with van der Waals surface area (Å²) in [5.74, 6) is 1.71. The van der Waals surface area contributed by atoms with Crippen LogP contribution in [-0.2, 0) is 11.2 Å². The standard InChI is InChI=1S/C17H25NO2/c1-2-9-18-16(14-8-11-19-12-14)15-7-3-5-13-6-4-10-20-17(13)15/h3,5,7,14,16,18H,2,4,6,8-12H2,1H3. The lowest BCUT2D eigenvalue weighted by Gasteiger charge is -2.29. The normalized spacial score (nSPS) is 23.1. The second-order valence-electron chi connectivity index (χ2n) is 5.84. The molecule has 2 aliphatic heterocycles. The molecule has 3 heteroatoms. The van der Waals surface area contributed by atoms with Gasteiger partial charge < -0.3 is 14.8 Å². The van der Waals surface area contributed by atoms with Gasteiger partial charge in [0.1, 0.15) is 5.75 Å². The fourth-order valence-electron chi connectivity index (χ4n) is 3.31. The summed E-state index contributed by atoms with van der Waals surface area (Å²) >= 11 is 0. The van der Waals surface area contributed by atoms with E-state index in [1.54, 1.807) is 0 Å². The number of nitrogens with one attached hydrogen (secondary N) is 1. The lowest BCUT2D eigenvalue weighted by molar-refractivity contribution is 0.175. The van der Waals surface area contributed by atoms with Crippen LogP contribution in [0, 0.1) is 5.92 Å². The van der Waals surface area contributed by atoms with Crippen molar-refractivity contribution in [2.45, 2.75) is 38.6 Å². The van der Waals surface area contributed by atoms with Crippen molar-refractivity contribution in [2.75, 3.05) is 26.4 Å². The highest BCUT2D eigenvalue weighted by Gasteiger charge is 2.30. The van der Waals surface area contributed by atoms with Crippen LogP contribution in [-0.4, -0.2) is 26.4 Å². The van der Waals surface area contributed by atoms with Gasteiger partial charge in [-0.25, -0.2) is 0 Å². The topological polar surface area (TPSA) is 30.5 Å². The molecule has 2 atom stereocenters. The quantitative estimate of drug-likeness (QED) is 0.895. The van der Waals surface area contributed by atoms with E-state index in [4.69, 9.17) is 9.47 Å². The largest absolute Gasteiger partial charge is 0.493 e. The maximum absolute atomic E-state index is 5.99. The highest BCUT2D eigenvalue weighted by atomic mass is 16.5. The highest BCUT2D eigenvalue weighted by molar-refractivity contribution is 5.44. The molecule has 0 bridgehead atoms. The monoisotopic (exact) mass is 275 g/mol. The molecule has 1 aromatic rings. The zero-order valence-corrected chi connectivity index (χ0v) is 12.4. The molecular formula is C17H25NO2. The Morgan fingerprint density at radius 2 is 2.30 bits per heavy atom. The fourth-order valence-corrected chi connectivity index (χ4v) is 3.31. The number of benzene rings is 1. The third-order valence-electron chi connectivity index (χ3n) is 4.35. The first-order chi connectivity index (χ1) is 9.90. The predicted molar refractivity (Wildman–Crippen MR) is 80.2 cm³/mol. The van der Waals surface area contributed by atoms with Crippen molar-refractivity contribution in [3.05, 3.63) is 29.3 Å². The van der Waals surface area contributed by atoms with E-state index in [1.807, 2.05) is 0 Å². The molecule has 0 radical (unpaired) electrons. The summed E-state index contributed by atoms with van der Waals surface area (Å²) in [6.07, 6.45) is 4.58. The molecule has 1 fully saturated rings. The van der Waals surface area contributed by atoms with E-state index in [2.05, 4.69) is 30.4 Å². The van der Waals surface area contributed by atoms with Gasteiger partial charge in [0, 0.05) is 24.1 Å². The lowest BCUT2D eigenvalue weighted by Crippen LogP contribution is -2.30. The Hall–Kier alpha value is -1.06. The average molecular weight is 275 g/mol. The van der Waals surface area contributed by atoms with Crippen molar-refractivity contribution >= 4 is 0 Å². The van der Waals surface area contributed by atoms with Gasteiger partial charge in [-0.2, -0.15) is 0 Å². The molecule has 110 valence electrons. The van der Waals surface area contributed by atoms with Crippen LogP contribution in [0.25, 0.3) is 0 Å². The van der Waals surface area contributed by atoms with Crippen LogP contribution >= 0.6 is 0 Å². The van der Waals surface area contributed by atoms with Crippen molar-refractivity contribution < 1.29 is 9.47 Å². The molecule has 0 saturated carbocycles. The third kappa shape index (κ3) is 2.84. The molecule has 3 nitrogen and oxygen atoms in total. The third-order valence-corrected chi connectivity index (χ3v) is 4.35. The number of hydrogen-bond donors (Lipinski definition) is 1. The molecule has 1 N–H and O–H groups in total. The number of para-hydroxylation sites is 1. The number of rotatable bonds is 5. The van der Waals surface area contributed by atoms with Gasteiger partial charge in [-0.15, -0.1) is 0 Å². The lowest BCUT2D eigenvalue weighted by atomic mass is 9.89. The van der Waals surface area contributed by atoms with Gasteiger partial charge in [-0.3, -0.25) is 0 Å². The first-order valence-electron chi connectivity index (χ1n) is 7.96. The van der Waals surface area contributed by atoms with Gasteiger partial charge in [0.2, 0.25) is 0 Å². The molecule has 2 unspecified atom stereocenters. The Balaban J connectivity index is 1.89. The van der Waals surface area contributed by atoms with E-state index < -0.39 is 0 Å². The summed E-state index contributed by atoms with van der Waals surface area (Å²) in [5.41, 5.74) is 2.71. The van der Waals surface area contributed by atoms with Gasteiger partial charge >= 0.3 is 0 Å². The zero-order chi connectivity index (χ0) is 13.8. The molecule has 20 heavy (non-hydrogen) atoms. The molecule has 1 aromatic carbocycles. The van der Waals surface area contributed by atoms with Crippen molar-refractivity contribution in [1.82, 2.24) is 5.32 Å². The number of ether oxygens (including phenoxy) is 2. The van der Waals surface area contributed by atoms with E-state index in [0.717, 1.165) is 57.8 Å². The Bertz CT molecular complexity index is 441. The van der Waals surface area contributed by atoms with Gasteiger partial charge in [-0.05, 0) is 37.8 Å². The molecule has 1 saturated heterocycles. The van der Waals surface area contributed by atoms with Gasteiger partial charge in [0.15, 0.2) is 0 Å². The second kappa shape index (κ2) is 6.59. The summed E-state index contributed by atoms with van der Waals surface area (Å²) < 4.78 is 11.6. The van der Waals surface area contributed by atoms with Crippen molar-refractivity contribution in [3.63, 3.8) is 0 Å². The molecule has 3 rings (SSSR count). The Labute approximate surface area is 121 Å². The first-order valence-corrected chi connectivity index (χ1v) is 7.96. The van der Waals surface area contributed by atoms with Crippen LogP contribution in [0.15, 0.2) is 18.2 Å². The van der Waals surface area contributed by atoms with Crippen molar-refractivity contribution in [1.29, 1.82) is 0 Å². The SMILES string of the molecule is CCCNC(c1cccc2c1OCCC2)C1CCOC1. The molecule has 0 amide bonds. The van der Waals surface area contributed by atoms with Crippen LogP contribution in [0.4, 0.5) is 0 Å². The van der Waals surface area contributed by atoms with E-state index in [0.29, 0.717) is 12.0 Å². The molecule has 2 heterocycles. The second-order valence-corrected chi connectivity index (χ2v) is 5.84. The molecule has 0 aromatic heterocycles. The van der Waals surface area contributed by atoms with Gasteiger partial charge in [0.25, 0.3) is 0 Å². The molecule has 0 aliphatic carbocycles. The fraction of sp³-hybridized carbons (Fsp3) is 0.647. The summed E-state index contributed by atoms with van der Waals surface area (Å²) in [5, 5.41) is 3.72. The highest BCUT2D eigenvalue weighted by Crippen LogP contribution is 2.38. The maximum atomic E-state index is 5.99. The summed E-state index contributed by atoms with van der Waals surface area (Å²) in [6, 6.07) is 6.99. The predicted octanol–water partition coefficient (Wildman–Crippen LogP) is 3.09. The average Bonchev–Trinajstić information content (AvgIpc) is 3.02. The smallest absolute Gasteiger partial charge is 0.127 e. The maximum Gasteiger partial charge on any atom is 0.127 e. The summed E-state index contributed by atoms with van der Waals surface area (Å²) in [6.45, 7) is 5.87. The Kier molecular flexibility index (Phi) is 4.58. The Morgan fingerprint density at radius 1 is 1.35 bits per heavy atom. The van der Waals surface area contributed by atoms with E-state index in [9.17, 15) is 0 Å². The van der Waals surface area contributed by atoms with Crippen LogP contribution in [0.1, 0.15) is 43.4 Å². The van der Waals surface area contributed by atoms with E-state index in [1.165, 1.54) is 11.1 Å². The molecule has 2 aliphatic rings.